The Morgan fingerprint density at radius 1 is 1.10 bits per heavy atom. The summed E-state index contributed by atoms with van der Waals surface area (Å²) in [6.45, 7) is 0.520. The number of benzene rings is 2. The van der Waals surface area contributed by atoms with Crippen LogP contribution in [0.4, 0.5) is 5.69 Å². The Hall–Kier alpha value is -3.09. The second-order valence-electron chi connectivity index (χ2n) is 7.22. The minimum atomic E-state index is -3.70. The van der Waals surface area contributed by atoms with E-state index in [0.29, 0.717) is 36.4 Å². The predicted octanol–water partition coefficient (Wildman–Crippen LogP) is 2.81. The van der Waals surface area contributed by atoms with E-state index < -0.39 is 10.0 Å². The molecule has 0 aliphatic carbocycles. The number of rotatable bonds is 7. The van der Waals surface area contributed by atoms with E-state index in [-0.39, 0.29) is 29.8 Å². The van der Waals surface area contributed by atoms with Gasteiger partial charge in [-0.25, -0.2) is 8.42 Å². The van der Waals surface area contributed by atoms with Crippen molar-refractivity contribution >= 4 is 21.6 Å². The molecule has 0 unspecified atom stereocenters. The Labute approximate surface area is 182 Å². The van der Waals surface area contributed by atoms with E-state index in [2.05, 4.69) is 11.4 Å². The summed E-state index contributed by atoms with van der Waals surface area (Å²) in [6, 6.07) is 13.7. The number of nitriles is 1. The molecule has 9 heteroatoms. The van der Waals surface area contributed by atoms with E-state index in [4.69, 9.17) is 14.7 Å². The number of piperidine rings is 1. The van der Waals surface area contributed by atoms with Crippen molar-refractivity contribution < 1.29 is 22.7 Å². The fourth-order valence-electron chi connectivity index (χ4n) is 3.53. The lowest BCUT2D eigenvalue weighted by Gasteiger charge is -2.30. The Morgan fingerprint density at radius 2 is 1.74 bits per heavy atom. The first kappa shape index (κ1) is 22.6. The predicted molar refractivity (Wildman–Crippen MR) is 115 cm³/mol. The maximum atomic E-state index is 13.0. The monoisotopic (exact) mass is 443 g/mol. The lowest BCUT2D eigenvalue weighted by Crippen LogP contribution is -2.41. The normalized spacial score (nSPS) is 15.1. The topological polar surface area (TPSA) is 109 Å². The first-order valence-electron chi connectivity index (χ1n) is 9.88. The summed E-state index contributed by atoms with van der Waals surface area (Å²) in [7, 11) is -0.756. The van der Waals surface area contributed by atoms with Crippen LogP contribution >= 0.6 is 0 Å². The number of methoxy groups -OCH3 is 2. The van der Waals surface area contributed by atoms with Crippen molar-refractivity contribution in [3.8, 4) is 17.6 Å². The van der Waals surface area contributed by atoms with Gasteiger partial charge in [-0.1, -0.05) is 12.1 Å². The van der Waals surface area contributed by atoms with Gasteiger partial charge in [-0.05, 0) is 42.7 Å². The summed E-state index contributed by atoms with van der Waals surface area (Å²) in [5.41, 5.74) is 1.54. The van der Waals surface area contributed by atoms with Gasteiger partial charge in [0.15, 0.2) is 11.5 Å². The van der Waals surface area contributed by atoms with Crippen molar-refractivity contribution in [3.05, 3.63) is 48.0 Å². The van der Waals surface area contributed by atoms with Gasteiger partial charge in [-0.15, -0.1) is 0 Å². The lowest BCUT2D eigenvalue weighted by atomic mass is 9.97. The van der Waals surface area contributed by atoms with Crippen LogP contribution in [0.1, 0.15) is 18.4 Å². The molecule has 1 heterocycles. The highest BCUT2D eigenvalue weighted by Crippen LogP contribution is 2.32. The van der Waals surface area contributed by atoms with Crippen molar-refractivity contribution in [1.82, 2.24) is 4.31 Å². The van der Waals surface area contributed by atoms with E-state index in [1.807, 2.05) is 0 Å². The van der Waals surface area contributed by atoms with Crippen LogP contribution < -0.4 is 14.8 Å². The number of nitrogens with zero attached hydrogens (tertiary/aromatic N) is 2. The second-order valence-corrected chi connectivity index (χ2v) is 9.15. The smallest absolute Gasteiger partial charge is 0.243 e. The van der Waals surface area contributed by atoms with Crippen molar-refractivity contribution in [1.29, 1.82) is 5.26 Å². The number of carbonyl (C=O) groups is 1. The van der Waals surface area contributed by atoms with Crippen molar-refractivity contribution in [2.45, 2.75) is 24.2 Å². The van der Waals surface area contributed by atoms with E-state index in [1.54, 1.807) is 30.3 Å². The van der Waals surface area contributed by atoms with Crippen LogP contribution in [0, 0.1) is 17.2 Å². The third-order valence-electron chi connectivity index (χ3n) is 5.32. The molecule has 8 nitrogen and oxygen atoms in total. The quantitative estimate of drug-likeness (QED) is 0.705. The Kier molecular flexibility index (Phi) is 7.15. The molecule has 0 atom stereocenters. The molecule has 0 saturated carbocycles. The maximum absolute atomic E-state index is 13.0. The van der Waals surface area contributed by atoms with E-state index in [1.165, 1.54) is 30.7 Å². The molecule has 1 fully saturated rings. The van der Waals surface area contributed by atoms with Gasteiger partial charge in [0.25, 0.3) is 0 Å². The highest BCUT2D eigenvalue weighted by molar-refractivity contribution is 7.89. The molecule has 3 rings (SSSR count). The zero-order valence-electron chi connectivity index (χ0n) is 17.5. The minimum absolute atomic E-state index is 0.129. The average molecular weight is 444 g/mol. The molecule has 31 heavy (non-hydrogen) atoms. The highest BCUT2D eigenvalue weighted by Gasteiger charge is 2.32. The summed E-state index contributed by atoms with van der Waals surface area (Å²) < 4.78 is 37.8. The molecule has 2 aromatic carbocycles. The first-order valence-corrected chi connectivity index (χ1v) is 11.3. The van der Waals surface area contributed by atoms with Gasteiger partial charge in [-0.3, -0.25) is 4.79 Å². The van der Waals surface area contributed by atoms with Crippen LogP contribution in [0.2, 0.25) is 0 Å². The molecule has 0 radical (unpaired) electrons. The number of amides is 1. The fraction of sp³-hybridized carbons (Fsp3) is 0.364. The van der Waals surface area contributed by atoms with Gasteiger partial charge in [0.2, 0.25) is 15.9 Å². The Morgan fingerprint density at radius 3 is 2.32 bits per heavy atom. The summed E-state index contributed by atoms with van der Waals surface area (Å²) in [6.07, 6.45) is 1.19. The van der Waals surface area contributed by atoms with E-state index in [9.17, 15) is 13.2 Å². The SMILES string of the molecule is COc1ccc(S(=O)(=O)N2CCC(C(=O)Nc3ccc(CC#N)cc3)CC2)cc1OC. The number of nitrogens with one attached hydrogen (secondary N) is 1. The average Bonchev–Trinajstić information content (AvgIpc) is 2.80. The molecule has 0 bridgehead atoms. The summed E-state index contributed by atoms with van der Waals surface area (Å²) >= 11 is 0. The van der Waals surface area contributed by atoms with Crippen molar-refractivity contribution in [2.24, 2.45) is 5.92 Å². The lowest BCUT2D eigenvalue weighted by molar-refractivity contribution is -0.120. The zero-order chi connectivity index (χ0) is 22.4. The molecule has 1 aliphatic rings. The molecule has 1 amide bonds. The number of hydrogen-bond donors (Lipinski definition) is 1. The molecular formula is C22H25N3O5S. The zero-order valence-corrected chi connectivity index (χ0v) is 18.3. The molecule has 0 aromatic heterocycles. The van der Waals surface area contributed by atoms with Gasteiger partial charge in [0.1, 0.15) is 0 Å². The van der Waals surface area contributed by atoms with Gasteiger partial charge >= 0.3 is 0 Å². The van der Waals surface area contributed by atoms with Crippen molar-refractivity contribution in [3.63, 3.8) is 0 Å². The van der Waals surface area contributed by atoms with Crippen molar-refractivity contribution in [2.75, 3.05) is 32.6 Å². The molecule has 1 aliphatic heterocycles. The molecule has 2 aromatic rings. The molecule has 1 N–H and O–H groups in total. The summed E-state index contributed by atoms with van der Waals surface area (Å²) in [4.78, 5) is 12.7. The van der Waals surface area contributed by atoms with Gasteiger partial charge in [0.05, 0.1) is 31.6 Å². The minimum Gasteiger partial charge on any atom is -0.493 e. The third-order valence-corrected chi connectivity index (χ3v) is 7.22. The number of ether oxygens (including phenoxy) is 2. The van der Waals surface area contributed by atoms with Gasteiger partial charge in [-0.2, -0.15) is 9.57 Å². The first-order chi connectivity index (χ1) is 14.9. The second kappa shape index (κ2) is 9.81. The Bertz CT molecular complexity index is 1070. The van der Waals surface area contributed by atoms with Crippen LogP contribution in [0.15, 0.2) is 47.4 Å². The fourth-order valence-corrected chi connectivity index (χ4v) is 5.01. The van der Waals surface area contributed by atoms with Crippen LogP contribution in [0.5, 0.6) is 11.5 Å². The number of anilines is 1. The number of sulfonamides is 1. The van der Waals surface area contributed by atoms with Gasteiger partial charge in [0, 0.05) is 30.8 Å². The largest absolute Gasteiger partial charge is 0.493 e. The van der Waals surface area contributed by atoms with E-state index >= 15 is 0 Å². The van der Waals surface area contributed by atoms with Crippen LogP contribution in [-0.2, 0) is 21.2 Å². The summed E-state index contributed by atoms with van der Waals surface area (Å²) in [5, 5.41) is 11.6. The maximum Gasteiger partial charge on any atom is 0.243 e. The number of hydrogen-bond acceptors (Lipinski definition) is 6. The third kappa shape index (κ3) is 5.16. The molecule has 0 spiro atoms. The van der Waals surface area contributed by atoms with Gasteiger partial charge < -0.3 is 14.8 Å². The molecular weight excluding hydrogens is 418 g/mol. The summed E-state index contributed by atoms with van der Waals surface area (Å²) in [5.74, 6) is 0.406. The standard InChI is InChI=1S/C22H25N3O5S/c1-29-20-8-7-19(15-21(20)30-2)31(27,28)25-13-10-17(11-14-25)22(26)24-18-5-3-16(4-6-18)9-12-23/h3-8,15,17H,9-11,13-14H2,1-2H3,(H,24,26). The molecule has 1 saturated heterocycles. The highest BCUT2D eigenvalue weighted by atomic mass is 32.2. The Balaban J connectivity index is 1.62. The van der Waals surface area contributed by atoms with Crippen LogP contribution in [0.25, 0.3) is 0 Å². The van der Waals surface area contributed by atoms with E-state index in [0.717, 1.165) is 5.56 Å². The van der Waals surface area contributed by atoms with Crippen LogP contribution in [0.3, 0.4) is 0 Å². The van der Waals surface area contributed by atoms with Crippen LogP contribution in [-0.4, -0.2) is 45.9 Å². The number of carbonyl (C=O) groups excluding carboxylic acids is 1. The molecule has 164 valence electrons.